The van der Waals surface area contributed by atoms with Crippen molar-refractivity contribution in [3.8, 4) is 0 Å². The summed E-state index contributed by atoms with van der Waals surface area (Å²) in [5.74, 6) is 4.56. The maximum absolute atomic E-state index is 1.62. The molecule has 4 aliphatic carbocycles. The molecule has 2 bridgehead atoms. The number of rotatable bonds is 1. The maximum atomic E-state index is 1.62. The molecule has 0 saturated heterocycles. The Morgan fingerprint density at radius 1 is 0.611 bits per heavy atom. The van der Waals surface area contributed by atoms with E-state index in [0.29, 0.717) is 0 Å². The first kappa shape index (κ1) is 11.8. The van der Waals surface area contributed by atoms with Crippen LogP contribution < -0.4 is 0 Å². The summed E-state index contributed by atoms with van der Waals surface area (Å²) in [6, 6.07) is 0. The largest absolute Gasteiger partial charge is 0.0528 e. The molecule has 0 spiro atoms. The molecule has 3 unspecified atom stereocenters. The van der Waals surface area contributed by atoms with Gasteiger partial charge in [0.2, 0.25) is 0 Å². The zero-order valence-corrected chi connectivity index (χ0v) is 12.0. The van der Waals surface area contributed by atoms with Gasteiger partial charge in [-0.15, -0.1) is 0 Å². The van der Waals surface area contributed by atoms with Gasteiger partial charge in [0, 0.05) is 0 Å². The fraction of sp³-hybridized carbons (Fsp3) is 1.00. The Morgan fingerprint density at radius 3 is 2.22 bits per heavy atom. The SMILES string of the molecule is C1CC2CCC(C1)C(C13CCCC1CCC3)CC2. The molecule has 0 aromatic carbocycles. The molecule has 3 atom stereocenters. The molecular weight excluding hydrogens is 216 g/mol. The van der Waals surface area contributed by atoms with Gasteiger partial charge < -0.3 is 0 Å². The Bertz CT molecular complexity index is 295. The molecule has 4 fully saturated rings. The number of hydrogen-bond acceptors (Lipinski definition) is 0. The van der Waals surface area contributed by atoms with Crippen molar-refractivity contribution in [3.05, 3.63) is 0 Å². The normalized spacial score (nSPS) is 52.0. The van der Waals surface area contributed by atoms with Crippen molar-refractivity contribution in [1.29, 1.82) is 0 Å². The molecule has 4 saturated carbocycles. The van der Waals surface area contributed by atoms with Gasteiger partial charge in [0.15, 0.2) is 0 Å². The van der Waals surface area contributed by atoms with E-state index in [1.54, 1.807) is 83.5 Å². The van der Waals surface area contributed by atoms with E-state index in [-0.39, 0.29) is 0 Å². The third kappa shape index (κ3) is 1.70. The Labute approximate surface area is 113 Å². The Morgan fingerprint density at radius 2 is 1.39 bits per heavy atom. The second-order valence-electron chi connectivity index (χ2n) is 8.03. The van der Waals surface area contributed by atoms with Gasteiger partial charge in [0.05, 0.1) is 0 Å². The lowest BCUT2D eigenvalue weighted by Crippen LogP contribution is -2.35. The van der Waals surface area contributed by atoms with Crippen molar-refractivity contribution in [2.24, 2.45) is 29.1 Å². The predicted molar refractivity (Wildman–Crippen MR) is 76.4 cm³/mol. The first-order valence-corrected chi connectivity index (χ1v) is 8.88. The van der Waals surface area contributed by atoms with E-state index in [0.717, 1.165) is 29.1 Å². The summed E-state index contributed by atoms with van der Waals surface area (Å²) in [4.78, 5) is 0. The predicted octanol–water partition coefficient (Wildman–Crippen LogP) is 5.56. The van der Waals surface area contributed by atoms with Crippen molar-refractivity contribution in [3.63, 3.8) is 0 Å². The highest BCUT2D eigenvalue weighted by Crippen LogP contribution is 2.63. The summed E-state index contributed by atoms with van der Waals surface area (Å²) in [5, 5.41) is 0. The van der Waals surface area contributed by atoms with Crippen LogP contribution in [0.1, 0.15) is 83.5 Å². The first-order valence-electron chi connectivity index (χ1n) is 8.88. The van der Waals surface area contributed by atoms with Gasteiger partial charge in [-0.25, -0.2) is 0 Å². The lowest BCUT2D eigenvalue weighted by Gasteiger charge is -2.43. The third-order valence-electron chi connectivity index (χ3n) is 7.53. The molecule has 4 aliphatic rings. The van der Waals surface area contributed by atoms with E-state index in [9.17, 15) is 0 Å². The zero-order valence-electron chi connectivity index (χ0n) is 12.0. The van der Waals surface area contributed by atoms with Crippen LogP contribution in [0.15, 0.2) is 0 Å². The summed E-state index contributed by atoms with van der Waals surface area (Å²) >= 11 is 0. The van der Waals surface area contributed by atoms with Crippen molar-refractivity contribution < 1.29 is 0 Å². The molecule has 0 nitrogen and oxygen atoms in total. The van der Waals surface area contributed by atoms with Gasteiger partial charge in [-0.2, -0.15) is 0 Å². The zero-order chi connectivity index (χ0) is 12.0. The molecule has 18 heavy (non-hydrogen) atoms. The average molecular weight is 246 g/mol. The lowest BCUT2D eigenvalue weighted by molar-refractivity contribution is 0.0605. The van der Waals surface area contributed by atoms with Crippen LogP contribution >= 0.6 is 0 Å². The molecule has 0 heteroatoms. The fourth-order valence-electron chi connectivity index (χ4n) is 6.79. The first-order chi connectivity index (χ1) is 8.88. The maximum Gasteiger partial charge on any atom is -0.0238 e. The van der Waals surface area contributed by atoms with Gasteiger partial charge in [-0.05, 0) is 67.6 Å². The monoisotopic (exact) mass is 246 g/mol. The molecule has 4 rings (SSSR count). The van der Waals surface area contributed by atoms with Gasteiger partial charge in [-0.3, -0.25) is 0 Å². The molecule has 102 valence electrons. The van der Waals surface area contributed by atoms with Crippen LogP contribution in [0.4, 0.5) is 0 Å². The van der Waals surface area contributed by atoms with Crippen LogP contribution in [0.3, 0.4) is 0 Å². The molecule has 0 N–H and O–H groups in total. The Kier molecular flexibility index (Phi) is 2.97. The Balaban J connectivity index is 1.62. The fourth-order valence-corrected chi connectivity index (χ4v) is 6.79. The smallest absolute Gasteiger partial charge is 0.0238 e. The summed E-state index contributed by atoms with van der Waals surface area (Å²) in [7, 11) is 0. The van der Waals surface area contributed by atoms with Crippen LogP contribution in [0.25, 0.3) is 0 Å². The van der Waals surface area contributed by atoms with E-state index in [4.69, 9.17) is 0 Å². The van der Waals surface area contributed by atoms with E-state index in [1.165, 1.54) is 0 Å². The van der Waals surface area contributed by atoms with Gasteiger partial charge >= 0.3 is 0 Å². The summed E-state index contributed by atoms with van der Waals surface area (Å²) < 4.78 is 0. The van der Waals surface area contributed by atoms with Crippen LogP contribution in [-0.4, -0.2) is 0 Å². The quantitative estimate of drug-likeness (QED) is 0.568. The lowest BCUT2D eigenvalue weighted by atomic mass is 9.62. The molecule has 0 aromatic rings. The minimum Gasteiger partial charge on any atom is -0.0528 e. The topological polar surface area (TPSA) is 0 Å². The molecule has 0 aliphatic heterocycles. The number of fused-ring (bicyclic) bond motifs is 4. The van der Waals surface area contributed by atoms with Crippen molar-refractivity contribution in [2.45, 2.75) is 83.5 Å². The standard InChI is InChI=1S/C18H30/c1-4-14-8-10-15(5-1)17(11-9-14)18-12-2-6-16(18)7-3-13-18/h14-17H,1-13H2. The van der Waals surface area contributed by atoms with Crippen molar-refractivity contribution >= 4 is 0 Å². The molecule has 0 amide bonds. The highest BCUT2D eigenvalue weighted by atomic mass is 14.6. The van der Waals surface area contributed by atoms with E-state index in [2.05, 4.69) is 0 Å². The minimum atomic E-state index is 0.858. The van der Waals surface area contributed by atoms with Gasteiger partial charge in [0.1, 0.15) is 0 Å². The third-order valence-corrected chi connectivity index (χ3v) is 7.53. The van der Waals surface area contributed by atoms with E-state index >= 15 is 0 Å². The highest BCUT2D eigenvalue weighted by molar-refractivity contribution is 5.03. The van der Waals surface area contributed by atoms with Crippen LogP contribution in [-0.2, 0) is 0 Å². The van der Waals surface area contributed by atoms with E-state index in [1.807, 2.05) is 0 Å². The van der Waals surface area contributed by atoms with Gasteiger partial charge in [0.25, 0.3) is 0 Å². The Hall–Kier alpha value is 0. The molecule has 0 heterocycles. The van der Waals surface area contributed by atoms with Crippen LogP contribution in [0.2, 0.25) is 0 Å². The second-order valence-corrected chi connectivity index (χ2v) is 8.03. The number of hydrogen-bond donors (Lipinski definition) is 0. The summed E-state index contributed by atoms with van der Waals surface area (Å²) in [6.07, 6.45) is 20.7. The molecular formula is C18H30. The van der Waals surface area contributed by atoms with Gasteiger partial charge in [-0.1, -0.05) is 44.9 Å². The van der Waals surface area contributed by atoms with Crippen LogP contribution in [0.5, 0.6) is 0 Å². The highest BCUT2D eigenvalue weighted by Gasteiger charge is 2.53. The molecule has 0 aromatic heterocycles. The second kappa shape index (κ2) is 4.53. The minimum absolute atomic E-state index is 0.858. The average Bonchev–Trinajstić information content (AvgIpc) is 2.75. The molecule has 0 radical (unpaired) electrons. The van der Waals surface area contributed by atoms with Crippen LogP contribution in [0, 0.1) is 29.1 Å². The van der Waals surface area contributed by atoms with Crippen molar-refractivity contribution in [2.75, 3.05) is 0 Å². The van der Waals surface area contributed by atoms with Crippen molar-refractivity contribution in [1.82, 2.24) is 0 Å². The summed E-state index contributed by atoms with van der Waals surface area (Å²) in [6.45, 7) is 0. The summed E-state index contributed by atoms with van der Waals surface area (Å²) in [5.41, 5.74) is 0.858. The van der Waals surface area contributed by atoms with E-state index < -0.39 is 0 Å².